The molecule has 108 valence electrons. The van der Waals surface area contributed by atoms with E-state index in [0.717, 1.165) is 12.8 Å². The van der Waals surface area contributed by atoms with Crippen molar-refractivity contribution in [1.29, 1.82) is 0 Å². The minimum Gasteiger partial charge on any atom is -0.399 e. The summed E-state index contributed by atoms with van der Waals surface area (Å²) in [7, 11) is -3.78. The molecule has 1 aromatic carbocycles. The Balaban J connectivity index is 2.89. The van der Waals surface area contributed by atoms with Crippen LogP contribution in [-0.2, 0) is 10.0 Å². The molecule has 5 N–H and O–H groups in total. The fraction of sp³-hybridized carbons (Fsp3) is 0.538. The van der Waals surface area contributed by atoms with Crippen LogP contribution in [0.3, 0.4) is 0 Å². The average molecular weight is 285 g/mol. The molecule has 0 bridgehead atoms. The highest BCUT2D eigenvalue weighted by atomic mass is 32.2. The van der Waals surface area contributed by atoms with Crippen LogP contribution >= 0.6 is 0 Å². The van der Waals surface area contributed by atoms with E-state index in [1.165, 1.54) is 6.07 Å². The summed E-state index contributed by atoms with van der Waals surface area (Å²) in [6.07, 6.45) is 2.04. The van der Waals surface area contributed by atoms with Gasteiger partial charge in [-0.05, 0) is 43.9 Å². The van der Waals surface area contributed by atoms with Crippen molar-refractivity contribution in [3.05, 3.63) is 18.2 Å². The van der Waals surface area contributed by atoms with Gasteiger partial charge in [0.1, 0.15) is 4.90 Å². The van der Waals surface area contributed by atoms with E-state index in [4.69, 9.17) is 10.9 Å². The average Bonchev–Trinajstić information content (AvgIpc) is 2.27. The van der Waals surface area contributed by atoms with E-state index >= 15 is 0 Å². The van der Waals surface area contributed by atoms with Crippen LogP contribution in [0.5, 0.6) is 0 Å². The Morgan fingerprint density at radius 2 is 1.84 bits per heavy atom. The highest BCUT2D eigenvalue weighted by molar-refractivity contribution is 7.89. The van der Waals surface area contributed by atoms with Crippen molar-refractivity contribution in [2.45, 2.75) is 44.6 Å². The van der Waals surface area contributed by atoms with Gasteiger partial charge in [-0.2, -0.15) is 0 Å². The number of rotatable bonds is 6. The fourth-order valence-corrected chi connectivity index (χ4v) is 2.55. The zero-order valence-electron chi connectivity index (χ0n) is 11.7. The molecule has 0 heterocycles. The van der Waals surface area contributed by atoms with Crippen LogP contribution in [0.4, 0.5) is 11.4 Å². The van der Waals surface area contributed by atoms with Crippen LogP contribution < -0.4 is 16.2 Å². The lowest BCUT2D eigenvalue weighted by Crippen LogP contribution is -2.20. The minimum absolute atomic E-state index is 0.0453. The molecule has 1 aromatic rings. The zero-order valence-corrected chi connectivity index (χ0v) is 12.5. The van der Waals surface area contributed by atoms with Crippen molar-refractivity contribution < 1.29 is 8.42 Å². The predicted molar refractivity (Wildman–Crippen MR) is 79.4 cm³/mol. The van der Waals surface area contributed by atoms with Gasteiger partial charge < -0.3 is 11.1 Å². The van der Waals surface area contributed by atoms with Crippen LogP contribution in [0.2, 0.25) is 0 Å². The smallest absolute Gasteiger partial charge is 0.240 e. The number of hydrogen-bond acceptors (Lipinski definition) is 4. The molecule has 6 heteroatoms. The molecule has 19 heavy (non-hydrogen) atoms. The van der Waals surface area contributed by atoms with Gasteiger partial charge in [0, 0.05) is 11.7 Å². The Morgan fingerprint density at radius 1 is 1.21 bits per heavy atom. The first-order chi connectivity index (χ1) is 8.70. The molecule has 0 fully saturated rings. The molecular formula is C13H23N3O2S. The Hall–Kier alpha value is -1.27. The molecular weight excluding hydrogens is 262 g/mol. The van der Waals surface area contributed by atoms with Gasteiger partial charge in [-0.15, -0.1) is 0 Å². The largest absolute Gasteiger partial charge is 0.399 e. The third-order valence-corrected chi connectivity index (χ3v) is 3.84. The van der Waals surface area contributed by atoms with E-state index in [0.29, 0.717) is 17.3 Å². The monoisotopic (exact) mass is 285 g/mol. The molecule has 5 nitrogen and oxygen atoms in total. The SMILES string of the molecule is CC(C)CCC(C)Nc1ccc(N)cc1S(N)(=O)=O. The summed E-state index contributed by atoms with van der Waals surface area (Å²) in [5, 5.41) is 8.39. The topological polar surface area (TPSA) is 98.2 Å². The van der Waals surface area contributed by atoms with E-state index in [-0.39, 0.29) is 10.9 Å². The highest BCUT2D eigenvalue weighted by Crippen LogP contribution is 2.24. The molecule has 0 aliphatic rings. The molecule has 1 unspecified atom stereocenters. The van der Waals surface area contributed by atoms with Crippen LogP contribution in [0.25, 0.3) is 0 Å². The molecule has 0 saturated heterocycles. The Bertz CT molecular complexity index is 527. The van der Waals surface area contributed by atoms with Gasteiger partial charge in [0.05, 0.1) is 5.69 Å². The second-order valence-corrected chi connectivity index (χ2v) is 6.85. The number of hydrogen-bond donors (Lipinski definition) is 3. The molecule has 0 aliphatic carbocycles. The summed E-state index contributed by atoms with van der Waals surface area (Å²) < 4.78 is 23.1. The maximum absolute atomic E-state index is 11.5. The number of nitrogens with one attached hydrogen (secondary N) is 1. The van der Waals surface area contributed by atoms with Gasteiger partial charge in [-0.25, -0.2) is 13.6 Å². The van der Waals surface area contributed by atoms with E-state index in [1.54, 1.807) is 12.1 Å². The Kier molecular flexibility index (Phi) is 5.20. The molecule has 0 saturated carbocycles. The van der Waals surface area contributed by atoms with Crippen LogP contribution in [0.1, 0.15) is 33.6 Å². The second-order valence-electron chi connectivity index (χ2n) is 5.32. The lowest BCUT2D eigenvalue weighted by Gasteiger charge is -2.18. The first-order valence-electron chi connectivity index (χ1n) is 6.39. The first-order valence-corrected chi connectivity index (χ1v) is 7.93. The quantitative estimate of drug-likeness (QED) is 0.697. The van der Waals surface area contributed by atoms with Crippen molar-refractivity contribution in [2.75, 3.05) is 11.1 Å². The van der Waals surface area contributed by atoms with Gasteiger partial charge in [0.15, 0.2) is 0 Å². The van der Waals surface area contributed by atoms with Crippen LogP contribution in [-0.4, -0.2) is 14.5 Å². The zero-order chi connectivity index (χ0) is 14.6. The molecule has 0 amide bonds. The second kappa shape index (κ2) is 6.25. The van der Waals surface area contributed by atoms with Gasteiger partial charge in [0.2, 0.25) is 10.0 Å². The molecule has 0 aliphatic heterocycles. The van der Waals surface area contributed by atoms with Crippen molar-refractivity contribution in [3.63, 3.8) is 0 Å². The van der Waals surface area contributed by atoms with Gasteiger partial charge in [-0.1, -0.05) is 13.8 Å². The fourth-order valence-electron chi connectivity index (χ4n) is 1.81. The number of nitrogen functional groups attached to an aromatic ring is 1. The third kappa shape index (κ3) is 5.08. The van der Waals surface area contributed by atoms with Crippen LogP contribution in [0.15, 0.2) is 23.1 Å². The maximum Gasteiger partial charge on any atom is 0.240 e. The lowest BCUT2D eigenvalue weighted by atomic mass is 10.0. The van der Waals surface area contributed by atoms with Crippen LogP contribution in [0, 0.1) is 5.92 Å². The number of primary sulfonamides is 1. The highest BCUT2D eigenvalue weighted by Gasteiger charge is 2.16. The van der Waals surface area contributed by atoms with Crippen molar-refractivity contribution in [2.24, 2.45) is 11.1 Å². The van der Waals surface area contributed by atoms with Crippen molar-refractivity contribution in [1.82, 2.24) is 0 Å². The van der Waals surface area contributed by atoms with E-state index in [1.807, 2.05) is 6.92 Å². The number of sulfonamides is 1. The molecule has 1 rings (SSSR count). The predicted octanol–water partition coefficient (Wildman–Crippen LogP) is 2.15. The van der Waals surface area contributed by atoms with E-state index in [2.05, 4.69) is 19.2 Å². The summed E-state index contributed by atoms with van der Waals surface area (Å²) >= 11 is 0. The van der Waals surface area contributed by atoms with Crippen molar-refractivity contribution >= 4 is 21.4 Å². The van der Waals surface area contributed by atoms with Gasteiger partial charge >= 0.3 is 0 Å². The third-order valence-electron chi connectivity index (χ3n) is 2.89. The van der Waals surface area contributed by atoms with Gasteiger partial charge in [-0.3, -0.25) is 0 Å². The number of nitrogens with two attached hydrogens (primary N) is 2. The standard InChI is InChI=1S/C13H23N3O2S/c1-9(2)4-5-10(3)16-12-7-6-11(14)8-13(12)19(15,17)18/h6-10,16H,4-5,14H2,1-3H3,(H2,15,17,18). The summed E-state index contributed by atoms with van der Waals surface area (Å²) in [6, 6.07) is 4.87. The summed E-state index contributed by atoms with van der Waals surface area (Å²) in [6.45, 7) is 6.34. The van der Waals surface area contributed by atoms with Crippen molar-refractivity contribution in [3.8, 4) is 0 Å². The summed E-state index contributed by atoms with van der Waals surface area (Å²) in [5.41, 5.74) is 6.49. The molecule has 0 spiro atoms. The molecule has 0 radical (unpaired) electrons. The Labute approximate surface area is 115 Å². The Morgan fingerprint density at radius 3 is 2.37 bits per heavy atom. The summed E-state index contributed by atoms with van der Waals surface area (Å²) in [5.74, 6) is 0.619. The van der Waals surface area contributed by atoms with E-state index in [9.17, 15) is 8.42 Å². The number of anilines is 2. The van der Waals surface area contributed by atoms with E-state index < -0.39 is 10.0 Å². The normalized spacial score (nSPS) is 13.5. The first kappa shape index (κ1) is 15.8. The number of benzene rings is 1. The van der Waals surface area contributed by atoms with Gasteiger partial charge in [0.25, 0.3) is 0 Å². The maximum atomic E-state index is 11.5. The minimum atomic E-state index is -3.78. The molecule has 0 aromatic heterocycles. The molecule has 1 atom stereocenters. The lowest BCUT2D eigenvalue weighted by molar-refractivity contribution is 0.527. The summed E-state index contributed by atoms with van der Waals surface area (Å²) in [4.78, 5) is 0.0453.